The largest absolute Gasteiger partial charge is 0.482 e. The number of hydrogen-bond acceptors (Lipinski definition) is 2. The molecule has 0 bridgehead atoms. The van der Waals surface area contributed by atoms with Crippen LogP contribution in [0.5, 0.6) is 5.75 Å². The zero-order chi connectivity index (χ0) is 9.84. The number of benzene rings is 1. The van der Waals surface area contributed by atoms with E-state index < -0.39 is 12.6 Å². The zero-order valence-corrected chi connectivity index (χ0v) is 7.08. The molecule has 0 aromatic heterocycles. The minimum absolute atomic E-state index is 0.361. The SMILES string of the molecule is Cc1cc(F)ccc1OCC(=O)O. The highest BCUT2D eigenvalue weighted by Crippen LogP contribution is 2.17. The Morgan fingerprint density at radius 3 is 2.85 bits per heavy atom. The summed E-state index contributed by atoms with van der Waals surface area (Å²) in [7, 11) is 0. The highest BCUT2D eigenvalue weighted by molar-refractivity contribution is 5.68. The molecule has 1 rings (SSSR count). The van der Waals surface area contributed by atoms with E-state index in [1.54, 1.807) is 6.92 Å². The number of aliphatic carboxylic acids is 1. The second-order valence-electron chi connectivity index (χ2n) is 2.59. The Bertz CT molecular complexity index is 323. The molecule has 0 aliphatic rings. The maximum absolute atomic E-state index is 12.6. The van der Waals surface area contributed by atoms with E-state index >= 15 is 0 Å². The monoisotopic (exact) mass is 184 g/mol. The number of halogens is 1. The molecule has 0 spiro atoms. The Morgan fingerprint density at radius 2 is 2.31 bits per heavy atom. The Morgan fingerprint density at radius 1 is 1.62 bits per heavy atom. The fourth-order valence-electron chi connectivity index (χ4n) is 0.914. The molecule has 0 amide bonds. The second kappa shape index (κ2) is 3.89. The van der Waals surface area contributed by atoms with Crippen LogP contribution in [-0.2, 0) is 4.79 Å². The molecule has 1 N–H and O–H groups in total. The van der Waals surface area contributed by atoms with Crippen LogP contribution < -0.4 is 4.74 Å². The molecule has 1 aromatic rings. The fourth-order valence-corrected chi connectivity index (χ4v) is 0.914. The van der Waals surface area contributed by atoms with Gasteiger partial charge >= 0.3 is 5.97 Å². The van der Waals surface area contributed by atoms with Crippen LogP contribution in [0.25, 0.3) is 0 Å². The third-order valence-electron chi connectivity index (χ3n) is 1.49. The maximum Gasteiger partial charge on any atom is 0.341 e. The van der Waals surface area contributed by atoms with E-state index in [-0.39, 0.29) is 5.82 Å². The van der Waals surface area contributed by atoms with Gasteiger partial charge in [-0.05, 0) is 30.7 Å². The van der Waals surface area contributed by atoms with Gasteiger partial charge in [-0.15, -0.1) is 0 Å². The Balaban J connectivity index is 2.72. The lowest BCUT2D eigenvalue weighted by Crippen LogP contribution is -2.10. The molecule has 0 fully saturated rings. The van der Waals surface area contributed by atoms with Crippen LogP contribution in [0.2, 0.25) is 0 Å². The average molecular weight is 184 g/mol. The van der Waals surface area contributed by atoms with Gasteiger partial charge in [-0.3, -0.25) is 0 Å². The van der Waals surface area contributed by atoms with Gasteiger partial charge in [0.1, 0.15) is 11.6 Å². The van der Waals surface area contributed by atoms with Crippen molar-refractivity contribution in [3.8, 4) is 5.75 Å². The third-order valence-corrected chi connectivity index (χ3v) is 1.49. The number of rotatable bonds is 3. The number of ether oxygens (including phenoxy) is 1. The van der Waals surface area contributed by atoms with E-state index in [9.17, 15) is 9.18 Å². The molecule has 13 heavy (non-hydrogen) atoms. The predicted molar refractivity (Wildman–Crippen MR) is 44.3 cm³/mol. The normalized spacial score (nSPS) is 9.69. The number of carbonyl (C=O) groups is 1. The van der Waals surface area contributed by atoms with Crippen LogP contribution in [0.4, 0.5) is 4.39 Å². The lowest BCUT2D eigenvalue weighted by Gasteiger charge is -2.05. The van der Waals surface area contributed by atoms with Gasteiger partial charge in [0, 0.05) is 0 Å². The van der Waals surface area contributed by atoms with Gasteiger partial charge in [-0.25, -0.2) is 9.18 Å². The molecule has 0 saturated heterocycles. The molecule has 0 heterocycles. The van der Waals surface area contributed by atoms with Crippen molar-refractivity contribution in [3.05, 3.63) is 29.6 Å². The van der Waals surface area contributed by atoms with Crippen LogP contribution in [0.1, 0.15) is 5.56 Å². The number of aryl methyl sites for hydroxylation is 1. The van der Waals surface area contributed by atoms with Gasteiger partial charge in [0.15, 0.2) is 6.61 Å². The lowest BCUT2D eigenvalue weighted by molar-refractivity contribution is -0.139. The number of hydrogen-bond donors (Lipinski definition) is 1. The fraction of sp³-hybridized carbons (Fsp3) is 0.222. The van der Waals surface area contributed by atoms with Gasteiger partial charge in [0.25, 0.3) is 0 Å². The zero-order valence-electron chi connectivity index (χ0n) is 7.08. The van der Waals surface area contributed by atoms with E-state index in [1.807, 2.05) is 0 Å². The van der Waals surface area contributed by atoms with E-state index in [4.69, 9.17) is 9.84 Å². The Kier molecular flexibility index (Phi) is 2.84. The summed E-state index contributed by atoms with van der Waals surface area (Å²) in [4.78, 5) is 10.2. The van der Waals surface area contributed by atoms with Crippen molar-refractivity contribution in [1.29, 1.82) is 0 Å². The van der Waals surface area contributed by atoms with Gasteiger partial charge in [-0.2, -0.15) is 0 Å². The van der Waals surface area contributed by atoms with Crippen LogP contribution in [-0.4, -0.2) is 17.7 Å². The summed E-state index contributed by atoms with van der Waals surface area (Å²) in [6.45, 7) is 1.24. The summed E-state index contributed by atoms with van der Waals surface area (Å²) in [6, 6.07) is 3.93. The summed E-state index contributed by atoms with van der Waals surface area (Å²) < 4.78 is 17.5. The molecule has 0 radical (unpaired) electrons. The number of carboxylic acids is 1. The third kappa shape index (κ3) is 2.74. The average Bonchev–Trinajstić information content (AvgIpc) is 2.02. The number of carboxylic acid groups (broad SMARTS) is 1. The highest BCUT2D eigenvalue weighted by atomic mass is 19.1. The van der Waals surface area contributed by atoms with Crippen molar-refractivity contribution in [2.75, 3.05) is 6.61 Å². The van der Waals surface area contributed by atoms with Crippen LogP contribution in [0, 0.1) is 12.7 Å². The van der Waals surface area contributed by atoms with Gasteiger partial charge in [0.2, 0.25) is 0 Å². The summed E-state index contributed by atoms with van der Waals surface area (Å²) >= 11 is 0. The van der Waals surface area contributed by atoms with E-state index in [0.717, 1.165) is 0 Å². The molecule has 0 atom stereocenters. The van der Waals surface area contributed by atoms with Crippen molar-refractivity contribution in [3.63, 3.8) is 0 Å². The van der Waals surface area contributed by atoms with Crippen molar-refractivity contribution < 1.29 is 19.0 Å². The van der Waals surface area contributed by atoms with Crippen molar-refractivity contribution >= 4 is 5.97 Å². The maximum atomic E-state index is 12.6. The summed E-state index contributed by atoms with van der Waals surface area (Å²) in [5.74, 6) is -1.02. The first kappa shape index (κ1) is 9.51. The minimum Gasteiger partial charge on any atom is -0.482 e. The molecule has 0 saturated carbocycles. The van der Waals surface area contributed by atoms with Crippen molar-refractivity contribution in [2.24, 2.45) is 0 Å². The molecular weight excluding hydrogens is 175 g/mol. The molecule has 1 aromatic carbocycles. The lowest BCUT2D eigenvalue weighted by atomic mass is 10.2. The molecule has 4 heteroatoms. The predicted octanol–water partition coefficient (Wildman–Crippen LogP) is 1.60. The van der Waals surface area contributed by atoms with Crippen LogP contribution >= 0.6 is 0 Å². The van der Waals surface area contributed by atoms with Gasteiger partial charge in [0.05, 0.1) is 0 Å². The van der Waals surface area contributed by atoms with E-state index in [1.165, 1.54) is 18.2 Å². The van der Waals surface area contributed by atoms with Gasteiger partial charge in [-0.1, -0.05) is 0 Å². The Hall–Kier alpha value is -1.58. The Labute approximate surface area is 74.8 Å². The van der Waals surface area contributed by atoms with E-state index in [2.05, 4.69) is 0 Å². The van der Waals surface area contributed by atoms with Crippen molar-refractivity contribution in [1.82, 2.24) is 0 Å². The summed E-state index contributed by atoms with van der Waals surface area (Å²) in [5.41, 5.74) is 0.584. The van der Waals surface area contributed by atoms with Crippen LogP contribution in [0.3, 0.4) is 0 Å². The molecule has 0 aliphatic heterocycles. The molecule has 0 unspecified atom stereocenters. The second-order valence-corrected chi connectivity index (χ2v) is 2.59. The minimum atomic E-state index is -1.05. The summed E-state index contributed by atoms with van der Waals surface area (Å²) in [6.07, 6.45) is 0. The van der Waals surface area contributed by atoms with Gasteiger partial charge < -0.3 is 9.84 Å². The summed E-state index contributed by atoms with van der Waals surface area (Å²) in [5, 5.41) is 8.32. The first-order chi connectivity index (χ1) is 6.09. The molecule has 0 aliphatic carbocycles. The van der Waals surface area contributed by atoms with E-state index in [0.29, 0.717) is 11.3 Å². The molecule has 3 nitrogen and oxygen atoms in total. The standard InChI is InChI=1S/C9H9FO3/c1-6-4-7(10)2-3-8(6)13-5-9(11)12/h2-4H,5H2,1H3,(H,11,12). The van der Waals surface area contributed by atoms with Crippen LogP contribution in [0.15, 0.2) is 18.2 Å². The highest BCUT2D eigenvalue weighted by Gasteiger charge is 2.03. The topological polar surface area (TPSA) is 46.5 Å². The molecule has 70 valence electrons. The molecular formula is C9H9FO3. The first-order valence-corrected chi connectivity index (χ1v) is 3.70. The first-order valence-electron chi connectivity index (χ1n) is 3.70. The van der Waals surface area contributed by atoms with Crippen molar-refractivity contribution in [2.45, 2.75) is 6.92 Å². The smallest absolute Gasteiger partial charge is 0.341 e. The quantitative estimate of drug-likeness (QED) is 0.776.